The Morgan fingerprint density at radius 3 is 2.67 bits per heavy atom. The molecule has 9 heteroatoms. The van der Waals surface area contributed by atoms with Crippen molar-refractivity contribution in [2.24, 2.45) is 5.73 Å². The van der Waals surface area contributed by atoms with Crippen LogP contribution in [0.5, 0.6) is 0 Å². The van der Waals surface area contributed by atoms with Gasteiger partial charge in [0.1, 0.15) is 0 Å². The highest BCUT2D eigenvalue weighted by Gasteiger charge is 2.16. The van der Waals surface area contributed by atoms with Gasteiger partial charge in [0, 0.05) is 17.8 Å². The van der Waals surface area contributed by atoms with Crippen molar-refractivity contribution in [1.82, 2.24) is 14.8 Å². The molecule has 0 fully saturated rings. The minimum Gasteiger partial charge on any atom is -0.461 e. The number of allylic oxidation sites excluding steroid dienone is 1. The second-order valence-corrected chi connectivity index (χ2v) is 6.40. The summed E-state index contributed by atoms with van der Waals surface area (Å²) in [6.45, 7) is 4.23. The minimum absolute atomic E-state index is 0.144. The fourth-order valence-electron chi connectivity index (χ4n) is 2.32. The molecule has 0 bridgehead atoms. The molecule has 2 amide bonds. The maximum atomic E-state index is 12.2. The summed E-state index contributed by atoms with van der Waals surface area (Å²) >= 11 is 1.25. The molecule has 0 saturated carbocycles. The predicted octanol–water partition coefficient (Wildman–Crippen LogP) is 2.55. The fourth-order valence-corrected chi connectivity index (χ4v) is 3.07. The Labute approximate surface area is 159 Å². The summed E-state index contributed by atoms with van der Waals surface area (Å²) in [5.41, 5.74) is 6.15. The zero-order chi connectivity index (χ0) is 19.2. The topological polar surface area (TPSA) is 116 Å². The predicted molar refractivity (Wildman–Crippen MR) is 102 cm³/mol. The number of amides is 2. The van der Waals surface area contributed by atoms with Crippen LogP contribution in [-0.4, -0.2) is 32.3 Å². The number of anilines is 1. The van der Waals surface area contributed by atoms with Crippen molar-refractivity contribution >= 4 is 29.3 Å². The Kier molecular flexibility index (Phi) is 5.72. The number of rotatable bonds is 8. The fraction of sp³-hybridized carbons (Fsp3) is 0.111. The first kappa shape index (κ1) is 18.5. The number of carbonyl (C=O) groups excluding carboxylic acids is 2. The molecule has 3 N–H and O–H groups in total. The van der Waals surface area contributed by atoms with Gasteiger partial charge in [0.05, 0.1) is 12.0 Å². The number of furan rings is 1. The summed E-state index contributed by atoms with van der Waals surface area (Å²) < 4.78 is 7.20. The van der Waals surface area contributed by atoms with E-state index in [0.29, 0.717) is 34.5 Å². The number of hydrogen-bond acceptors (Lipinski definition) is 6. The van der Waals surface area contributed by atoms with Crippen LogP contribution in [0.25, 0.3) is 11.6 Å². The minimum atomic E-state index is -0.516. The normalized spacial score (nSPS) is 10.5. The van der Waals surface area contributed by atoms with E-state index in [2.05, 4.69) is 22.1 Å². The standard InChI is InChI=1S/C18H17N5O3S/c1-2-9-23-17(14-4-3-10-26-14)21-22-18(23)27-11-15(24)20-13-7-5-12(6-8-13)16(19)25/h2-8,10H,1,9,11H2,(H2,19,25)(H,20,24). The third-order valence-corrected chi connectivity index (χ3v) is 4.52. The molecular formula is C18H17N5O3S. The zero-order valence-electron chi connectivity index (χ0n) is 14.3. The van der Waals surface area contributed by atoms with E-state index in [1.165, 1.54) is 11.8 Å². The van der Waals surface area contributed by atoms with Crippen LogP contribution in [0.4, 0.5) is 5.69 Å². The Balaban J connectivity index is 1.64. The Bertz CT molecular complexity index is 948. The van der Waals surface area contributed by atoms with Crippen LogP contribution in [-0.2, 0) is 11.3 Å². The number of aromatic nitrogens is 3. The van der Waals surface area contributed by atoms with E-state index in [1.54, 1.807) is 48.7 Å². The molecule has 0 atom stereocenters. The summed E-state index contributed by atoms with van der Waals surface area (Å²) in [5, 5.41) is 11.6. The SMILES string of the molecule is C=CCn1c(SCC(=O)Nc2ccc(C(N)=O)cc2)nnc1-c1ccco1. The summed E-state index contributed by atoms with van der Waals surface area (Å²) in [5.74, 6) is 0.585. The second kappa shape index (κ2) is 8.37. The van der Waals surface area contributed by atoms with E-state index in [-0.39, 0.29) is 11.7 Å². The number of hydrogen-bond donors (Lipinski definition) is 2. The van der Waals surface area contributed by atoms with E-state index in [9.17, 15) is 9.59 Å². The van der Waals surface area contributed by atoms with Gasteiger partial charge in [-0.15, -0.1) is 16.8 Å². The Morgan fingerprint density at radius 1 is 1.26 bits per heavy atom. The molecule has 0 unspecified atom stereocenters. The molecule has 138 valence electrons. The first-order chi connectivity index (χ1) is 13.1. The summed E-state index contributed by atoms with van der Waals surface area (Å²) in [4.78, 5) is 23.3. The van der Waals surface area contributed by atoms with Crippen molar-refractivity contribution < 1.29 is 14.0 Å². The Morgan fingerprint density at radius 2 is 2.04 bits per heavy atom. The number of nitrogens with zero attached hydrogens (tertiary/aromatic N) is 3. The van der Waals surface area contributed by atoms with Crippen LogP contribution in [0, 0.1) is 0 Å². The monoisotopic (exact) mass is 383 g/mol. The van der Waals surface area contributed by atoms with Gasteiger partial charge in [-0.1, -0.05) is 17.8 Å². The molecule has 0 spiro atoms. The molecule has 3 rings (SSSR count). The van der Waals surface area contributed by atoms with Crippen molar-refractivity contribution in [3.8, 4) is 11.6 Å². The number of nitrogens with one attached hydrogen (secondary N) is 1. The van der Waals surface area contributed by atoms with Crippen molar-refractivity contribution in [1.29, 1.82) is 0 Å². The van der Waals surface area contributed by atoms with E-state index in [0.717, 1.165) is 0 Å². The molecular weight excluding hydrogens is 366 g/mol. The maximum absolute atomic E-state index is 12.2. The quantitative estimate of drug-likeness (QED) is 0.456. The van der Waals surface area contributed by atoms with Gasteiger partial charge in [-0.25, -0.2) is 0 Å². The van der Waals surface area contributed by atoms with Gasteiger partial charge in [-0.3, -0.25) is 14.2 Å². The molecule has 3 aromatic rings. The van der Waals surface area contributed by atoms with Crippen molar-refractivity contribution in [3.05, 3.63) is 60.9 Å². The molecule has 8 nitrogen and oxygen atoms in total. The molecule has 2 heterocycles. The van der Waals surface area contributed by atoms with Crippen molar-refractivity contribution in [2.75, 3.05) is 11.1 Å². The van der Waals surface area contributed by atoms with Gasteiger partial charge in [0.2, 0.25) is 17.6 Å². The first-order valence-corrected chi connectivity index (χ1v) is 8.97. The smallest absolute Gasteiger partial charge is 0.248 e. The summed E-state index contributed by atoms with van der Waals surface area (Å²) in [7, 11) is 0. The molecule has 0 radical (unpaired) electrons. The average molecular weight is 383 g/mol. The van der Waals surface area contributed by atoms with Gasteiger partial charge >= 0.3 is 0 Å². The number of primary amides is 1. The van der Waals surface area contributed by atoms with Crippen LogP contribution in [0.15, 0.2) is 64.9 Å². The third-order valence-electron chi connectivity index (χ3n) is 3.56. The van der Waals surface area contributed by atoms with Gasteiger partial charge in [-0.2, -0.15) is 0 Å². The molecule has 0 saturated heterocycles. The van der Waals surface area contributed by atoms with Crippen molar-refractivity contribution in [2.45, 2.75) is 11.7 Å². The lowest BCUT2D eigenvalue weighted by Gasteiger charge is -2.07. The van der Waals surface area contributed by atoms with Gasteiger partial charge in [0.25, 0.3) is 0 Å². The largest absolute Gasteiger partial charge is 0.461 e. The number of nitrogens with two attached hydrogens (primary N) is 1. The highest BCUT2D eigenvalue weighted by atomic mass is 32.2. The first-order valence-electron chi connectivity index (χ1n) is 7.99. The highest BCUT2D eigenvalue weighted by molar-refractivity contribution is 7.99. The summed E-state index contributed by atoms with van der Waals surface area (Å²) in [6, 6.07) is 9.92. The summed E-state index contributed by atoms with van der Waals surface area (Å²) in [6.07, 6.45) is 3.28. The van der Waals surface area contributed by atoms with Crippen LogP contribution >= 0.6 is 11.8 Å². The van der Waals surface area contributed by atoms with Crippen LogP contribution in [0.3, 0.4) is 0 Å². The molecule has 27 heavy (non-hydrogen) atoms. The molecule has 0 aliphatic carbocycles. The molecule has 0 aliphatic heterocycles. The van der Waals surface area contributed by atoms with E-state index >= 15 is 0 Å². The van der Waals surface area contributed by atoms with Crippen LogP contribution in [0.2, 0.25) is 0 Å². The molecule has 0 aliphatic rings. The lowest BCUT2D eigenvalue weighted by atomic mass is 10.2. The van der Waals surface area contributed by atoms with Crippen molar-refractivity contribution in [3.63, 3.8) is 0 Å². The van der Waals surface area contributed by atoms with E-state index < -0.39 is 5.91 Å². The number of thioether (sulfide) groups is 1. The third kappa shape index (κ3) is 4.45. The Hall–Kier alpha value is -3.33. The van der Waals surface area contributed by atoms with Gasteiger partial charge in [0.15, 0.2) is 10.9 Å². The zero-order valence-corrected chi connectivity index (χ0v) is 15.1. The lowest BCUT2D eigenvalue weighted by Crippen LogP contribution is -2.15. The average Bonchev–Trinajstić information content (AvgIpc) is 3.30. The molecule has 2 aromatic heterocycles. The van der Waals surface area contributed by atoms with E-state index in [1.807, 2.05) is 4.57 Å². The van der Waals surface area contributed by atoms with Gasteiger partial charge in [-0.05, 0) is 36.4 Å². The van der Waals surface area contributed by atoms with Crippen LogP contribution in [0.1, 0.15) is 10.4 Å². The number of carbonyl (C=O) groups is 2. The van der Waals surface area contributed by atoms with Gasteiger partial charge < -0.3 is 15.5 Å². The second-order valence-electron chi connectivity index (χ2n) is 5.46. The maximum Gasteiger partial charge on any atom is 0.248 e. The van der Waals surface area contributed by atoms with Crippen LogP contribution < -0.4 is 11.1 Å². The molecule has 1 aromatic carbocycles. The highest BCUT2D eigenvalue weighted by Crippen LogP contribution is 2.24. The van der Waals surface area contributed by atoms with E-state index in [4.69, 9.17) is 10.2 Å². The lowest BCUT2D eigenvalue weighted by molar-refractivity contribution is -0.113. The number of benzene rings is 1.